The van der Waals surface area contributed by atoms with Crippen molar-refractivity contribution in [3.8, 4) is 5.69 Å². The summed E-state index contributed by atoms with van der Waals surface area (Å²) >= 11 is 1.93. The number of hydrogen-bond donors (Lipinski definition) is 1. The van der Waals surface area contributed by atoms with Crippen LogP contribution >= 0.6 is 11.3 Å². The van der Waals surface area contributed by atoms with Crippen molar-refractivity contribution in [2.45, 2.75) is 25.7 Å². The number of aryl methyl sites for hydroxylation is 2. The first-order valence-corrected chi connectivity index (χ1v) is 12.3. The molecule has 0 spiro atoms. The van der Waals surface area contributed by atoms with E-state index in [1.165, 1.54) is 40.6 Å². The number of rotatable bonds is 4. The third kappa shape index (κ3) is 3.65. The van der Waals surface area contributed by atoms with Gasteiger partial charge in [0.15, 0.2) is 0 Å². The average Bonchev–Trinajstić information content (AvgIpc) is 3.45. The smallest absolute Gasteiger partial charge is 0.139 e. The molecular formula is C25H28N6S. The summed E-state index contributed by atoms with van der Waals surface area (Å²) in [5, 5.41) is 9.44. The van der Waals surface area contributed by atoms with Crippen molar-refractivity contribution in [1.29, 1.82) is 0 Å². The van der Waals surface area contributed by atoms with E-state index in [0.717, 1.165) is 49.8 Å². The monoisotopic (exact) mass is 444 g/mol. The van der Waals surface area contributed by atoms with Crippen LogP contribution in [-0.2, 0) is 12.8 Å². The van der Waals surface area contributed by atoms with Gasteiger partial charge in [-0.2, -0.15) is 5.10 Å². The quantitative estimate of drug-likeness (QED) is 0.487. The fourth-order valence-corrected chi connectivity index (χ4v) is 6.14. The van der Waals surface area contributed by atoms with Crippen molar-refractivity contribution in [2.75, 3.05) is 43.4 Å². The van der Waals surface area contributed by atoms with E-state index < -0.39 is 0 Å². The number of fused-ring (bicyclic) bond motifs is 3. The second-order valence-electron chi connectivity index (χ2n) is 8.85. The van der Waals surface area contributed by atoms with E-state index in [1.54, 1.807) is 4.88 Å². The molecular weight excluding hydrogens is 416 g/mol. The van der Waals surface area contributed by atoms with Gasteiger partial charge in [0.2, 0.25) is 0 Å². The first-order valence-electron chi connectivity index (χ1n) is 11.5. The van der Waals surface area contributed by atoms with E-state index in [9.17, 15) is 0 Å². The Kier molecular flexibility index (Phi) is 5.08. The first kappa shape index (κ1) is 19.8. The molecule has 164 valence electrons. The number of benzene rings is 1. The van der Waals surface area contributed by atoms with Crippen LogP contribution in [0.5, 0.6) is 0 Å². The van der Waals surface area contributed by atoms with Crippen LogP contribution in [-0.4, -0.2) is 52.9 Å². The second-order valence-corrected chi connectivity index (χ2v) is 9.99. The Morgan fingerprint density at radius 2 is 1.72 bits per heavy atom. The molecule has 1 aliphatic heterocycles. The Hall–Kier alpha value is -2.90. The van der Waals surface area contributed by atoms with Gasteiger partial charge < -0.3 is 15.1 Å². The number of likely N-dealkylation sites (N-methyl/N-ethyl adjacent to an activating group) is 1. The lowest BCUT2D eigenvalue weighted by atomic mass is 9.96. The number of aromatic nitrogens is 3. The largest absolute Gasteiger partial charge is 0.369 e. The highest BCUT2D eigenvalue weighted by Gasteiger charge is 2.19. The zero-order chi connectivity index (χ0) is 21.5. The maximum atomic E-state index is 4.68. The molecule has 1 saturated heterocycles. The van der Waals surface area contributed by atoms with Gasteiger partial charge in [-0.1, -0.05) is 0 Å². The molecule has 7 heteroatoms. The minimum absolute atomic E-state index is 0.951. The third-order valence-corrected chi connectivity index (χ3v) is 7.95. The predicted molar refractivity (Wildman–Crippen MR) is 133 cm³/mol. The van der Waals surface area contributed by atoms with Gasteiger partial charge in [-0.05, 0) is 68.6 Å². The first-order chi connectivity index (χ1) is 15.7. The summed E-state index contributed by atoms with van der Waals surface area (Å²) in [6.07, 6.45) is 10.8. The van der Waals surface area contributed by atoms with Crippen molar-refractivity contribution >= 4 is 38.6 Å². The van der Waals surface area contributed by atoms with Gasteiger partial charge in [0.25, 0.3) is 0 Å². The van der Waals surface area contributed by atoms with Gasteiger partial charge in [0.05, 0.1) is 23.8 Å². The molecule has 1 fully saturated rings. The molecule has 0 saturated carbocycles. The van der Waals surface area contributed by atoms with Crippen LogP contribution < -0.4 is 10.2 Å². The van der Waals surface area contributed by atoms with Crippen molar-refractivity contribution in [3.63, 3.8) is 0 Å². The third-order valence-electron chi connectivity index (χ3n) is 6.69. The Morgan fingerprint density at radius 1 is 0.938 bits per heavy atom. The number of nitrogens with one attached hydrogen (secondary N) is 1. The van der Waals surface area contributed by atoms with Crippen LogP contribution in [0.2, 0.25) is 0 Å². The van der Waals surface area contributed by atoms with Crippen molar-refractivity contribution in [1.82, 2.24) is 19.7 Å². The van der Waals surface area contributed by atoms with Crippen LogP contribution in [0.1, 0.15) is 23.3 Å². The number of thiophene rings is 1. The lowest BCUT2D eigenvalue weighted by molar-refractivity contribution is 0.313. The van der Waals surface area contributed by atoms with Crippen molar-refractivity contribution in [3.05, 3.63) is 59.4 Å². The van der Waals surface area contributed by atoms with Crippen LogP contribution in [0.3, 0.4) is 0 Å². The van der Waals surface area contributed by atoms with Crippen LogP contribution in [0.4, 0.5) is 17.2 Å². The number of pyridine rings is 1. The molecule has 0 atom stereocenters. The zero-order valence-corrected chi connectivity index (χ0v) is 19.2. The molecule has 3 aromatic heterocycles. The minimum atomic E-state index is 0.951. The number of nitrogens with zero attached hydrogens (tertiary/aromatic N) is 5. The molecule has 4 heterocycles. The zero-order valence-electron chi connectivity index (χ0n) is 18.4. The van der Waals surface area contributed by atoms with E-state index in [-0.39, 0.29) is 0 Å². The lowest BCUT2D eigenvalue weighted by Gasteiger charge is -2.34. The number of anilines is 3. The molecule has 0 amide bonds. The Morgan fingerprint density at radius 3 is 2.56 bits per heavy atom. The molecule has 4 aromatic rings. The van der Waals surface area contributed by atoms with E-state index in [2.05, 4.69) is 62.6 Å². The molecule has 0 radical (unpaired) electrons. The Balaban J connectivity index is 1.22. The van der Waals surface area contributed by atoms with Gasteiger partial charge in [0, 0.05) is 53.0 Å². The minimum Gasteiger partial charge on any atom is -0.369 e. The number of hydrogen-bond acceptors (Lipinski definition) is 6. The van der Waals surface area contributed by atoms with Crippen molar-refractivity contribution in [2.24, 2.45) is 0 Å². The molecule has 0 unspecified atom stereocenters. The molecule has 6 nitrogen and oxygen atoms in total. The molecule has 1 N–H and O–H groups in total. The van der Waals surface area contributed by atoms with Crippen molar-refractivity contribution < 1.29 is 0 Å². The molecule has 32 heavy (non-hydrogen) atoms. The van der Waals surface area contributed by atoms with Gasteiger partial charge in [-0.25, -0.2) is 9.67 Å². The standard InChI is InChI=1S/C25H28N6S/c1-29-12-14-30(15-13-29)19-6-8-20(9-7-19)31-17-18(16-27-31)28-25-24-21-4-2-3-5-22(21)32-23(24)10-11-26-25/h6-11,16-17H,2-5,12-15H2,1H3,(H,26,28). The summed E-state index contributed by atoms with van der Waals surface area (Å²) in [7, 11) is 2.19. The Bertz CT molecular complexity index is 1230. The maximum absolute atomic E-state index is 4.68. The van der Waals surface area contributed by atoms with Crippen LogP contribution in [0.25, 0.3) is 15.8 Å². The molecule has 1 aromatic carbocycles. The predicted octanol–water partition coefficient (Wildman–Crippen LogP) is 4.86. The van der Waals surface area contributed by atoms with E-state index in [0.29, 0.717) is 0 Å². The summed E-state index contributed by atoms with van der Waals surface area (Å²) in [6, 6.07) is 10.9. The van der Waals surface area contributed by atoms with Gasteiger partial charge in [-0.3, -0.25) is 0 Å². The molecule has 0 bridgehead atoms. The highest BCUT2D eigenvalue weighted by molar-refractivity contribution is 7.19. The highest BCUT2D eigenvalue weighted by Crippen LogP contribution is 2.39. The molecule has 2 aliphatic rings. The SMILES string of the molecule is CN1CCN(c2ccc(-n3cc(Nc4nccc5sc6c(c45)CCCC6)cn3)cc2)CC1. The average molecular weight is 445 g/mol. The van der Waals surface area contributed by atoms with Gasteiger partial charge in [0.1, 0.15) is 5.82 Å². The fraction of sp³-hybridized carbons (Fsp3) is 0.360. The summed E-state index contributed by atoms with van der Waals surface area (Å²) in [4.78, 5) is 11.1. The summed E-state index contributed by atoms with van der Waals surface area (Å²) < 4.78 is 3.26. The van der Waals surface area contributed by atoms with Gasteiger partial charge in [-0.15, -0.1) is 11.3 Å². The number of piperazine rings is 1. The molecule has 1 aliphatic carbocycles. The summed E-state index contributed by atoms with van der Waals surface area (Å²) in [6.45, 7) is 4.39. The van der Waals surface area contributed by atoms with Gasteiger partial charge >= 0.3 is 0 Å². The van der Waals surface area contributed by atoms with Crippen LogP contribution in [0, 0.1) is 0 Å². The summed E-state index contributed by atoms with van der Waals surface area (Å²) in [5.74, 6) is 0.951. The maximum Gasteiger partial charge on any atom is 0.139 e. The van der Waals surface area contributed by atoms with E-state index in [1.807, 2.05) is 34.6 Å². The highest BCUT2D eigenvalue weighted by atomic mass is 32.1. The topological polar surface area (TPSA) is 49.2 Å². The van der Waals surface area contributed by atoms with Crippen LogP contribution in [0.15, 0.2) is 48.9 Å². The second kappa shape index (κ2) is 8.22. The Labute approximate surface area is 192 Å². The summed E-state index contributed by atoms with van der Waals surface area (Å²) in [5.41, 5.74) is 4.81. The molecule has 6 rings (SSSR count). The fourth-order valence-electron chi connectivity index (χ4n) is 4.85. The normalized spacial score (nSPS) is 17.0. The lowest BCUT2D eigenvalue weighted by Crippen LogP contribution is -2.44. The van der Waals surface area contributed by atoms with E-state index in [4.69, 9.17) is 0 Å². The van der Waals surface area contributed by atoms with E-state index >= 15 is 0 Å².